The predicted molar refractivity (Wildman–Crippen MR) is 148 cm³/mol. The molecule has 4 fully saturated rings. The van der Waals surface area contributed by atoms with E-state index >= 15 is 0 Å². The molecular weight excluding hydrogens is 464 g/mol. The quantitative estimate of drug-likeness (QED) is 0.381. The summed E-state index contributed by atoms with van der Waals surface area (Å²) < 4.78 is 0. The van der Waals surface area contributed by atoms with Crippen molar-refractivity contribution in [2.45, 2.75) is 96.6 Å². The summed E-state index contributed by atoms with van der Waals surface area (Å²) >= 11 is 6.03. The zero-order valence-corrected chi connectivity index (χ0v) is 23.6. The van der Waals surface area contributed by atoms with Gasteiger partial charge >= 0.3 is 0 Å². The molecule has 1 unspecified atom stereocenters. The maximum Gasteiger partial charge on any atom is 0.226 e. The second-order valence-electron chi connectivity index (χ2n) is 13.6. The fourth-order valence-electron chi connectivity index (χ4n) is 9.71. The van der Waals surface area contributed by atoms with Crippen LogP contribution in [-0.2, 0) is 11.2 Å². The van der Waals surface area contributed by atoms with Gasteiger partial charge in [0.25, 0.3) is 0 Å². The second-order valence-corrected chi connectivity index (χ2v) is 14.0. The molecule has 1 aromatic rings. The van der Waals surface area contributed by atoms with Crippen molar-refractivity contribution in [3.63, 3.8) is 0 Å². The van der Waals surface area contributed by atoms with Crippen LogP contribution < -0.4 is 0 Å². The molecule has 4 aliphatic carbocycles. The van der Waals surface area contributed by atoms with Gasteiger partial charge in [0, 0.05) is 30.7 Å². The lowest BCUT2D eigenvalue weighted by Gasteiger charge is -2.50. The Morgan fingerprint density at radius 2 is 1.94 bits per heavy atom. The van der Waals surface area contributed by atoms with E-state index in [1.54, 1.807) is 5.57 Å². The van der Waals surface area contributed by atoms with E-state index in [-0.39, 0.29) is 5.91 Å². The van der Waals surface area contributed by atoms with Crippen LogP contribution in [0.15, 0.2) is 35.9 Å². The third-order valence-electron chi connectivity index (χ3n) is 12.2. The van der Waals surface area contributed by atoms with E-state index in [1.165, 1.54) is 57.9 Å². The number of carbonyl (C=O) groups is 1. The first kappa shape index (κ1) is 25.0. The summed E-state index contributed by atoms with van der Waals surface area (Å²) in [5.41, 5.74) is 4.27. The van der Waals surface area contributed by atoms with Gasteiger partial charge in [-0.2, -0.15) is 0 Å². The number of hydrogen-bond acceptors (Lipinski definition) is 2. The monoisotopic (exact) mass is 508 g/mol. The fourth-order valence-corrected chi connectivity index (χ4v) is 9.83. The first-order valence-corrected chi connectivity index (χ1v) is 15.0. The molecule has 7 atom stereocenters. The Kier molecular flexibility index (Phi) is 6.16. The van der Waals surface area contributed by atoms with Crippen LogP contribution in [0.1, 0.15) is 83.6 Å². The lowest BCUT2D eigenvalue weighted by Crippen LogP contribution is -2.46. The van der Waals surface area contributed by atoms with Gasteiger partial charge in [0.05, 0.1) is 6.42 Å². The average molecular weight is 509 g/mol. The largest absolute Gasteiger partial charge is 0.342 e. The molecule has 0 aromatic heterocycles. The topological polar surface area (TPSA) is 23.6 Å². The summed E-state index contributed by atoms with van der Waals surface area (Å²) in [6, 6.07) is 8.92. The number of nitrogens with zero attached hydrogens (tertiary/aromatic N) is 2. The minimum atomic E-state index is 0.225. The summed E-state index contributed by atoms with van der Waals surface area (Å²) in [6.07, 6.45) is 16.2. The molecule has 1 amide bonds. The number of likely N-dealkylation sites (N-methyl/N-ethyl adjacent to an activating group) is 1. The molecule has 0 N–H and O–H groups in total. The van der Waals surface area contributed by atoms with E-state index in [9.17, 15) is 4.79 Å². The van der Waals surface area contributed by atoms with Crippen molar-refractivity contribution >= 4 is 17.5 Å². The zero-order valence-electron chi connectivity index (χ0n) is 22.9. The lowest BCUT2D eigenvalue weighted by atomic mass is 9.56. The van der Waals surface area contributed by atoms with Crippen molar-refractivity contribution < 1.29 is 4.79 Å². The van der Waals surface area contributed by atoms with Crippen molar-refractivity contribution in [2.24, 2.45) is 28.1 Å². The summed E-state index contributed by atoms with van der Waals surface area (Å²) in [5, 5.41) is 0.721. The second kappa shape index (κ2) is 8.87. The average Bonchev–Trinajstić information content (AvgIpc) is 3.48. The number of likely N-dealkylation sites (tertiary alicyclic amines) is 1. The Balaban J connectivity index is 1.11. The van der Waals surface area contributed by atoms with Crippen LogP contribution in [0.25, 0.3) is 0 Å². The molecule has 36 heavy (non-hydrogen) atoms. The van der Waals surface area contributed by atoms with Gasteiger partial charge in [-0.05, 0) is 117 Å². The van der Waals surface area contributed by atoms with Gasteiger partial charge in [0.2, 0.25) is 5.91 Å². The van der Waals surface area contributed by atoms with Crippen LogP contribution >= 0.6 is 11.6 Å². The molecule has 1 aliphatic heterocycles. The number of halogens is 1. The predicted octanol–water partition coefficient (Wildman–Crippen LogP) is 7.14. The van der Waals surface area contributed by atoms with Gasteiger partial charge < -0.3 is 9.80 Å². The van der Waals surface area contributed by atoms with Crippen molar-refractivity contribution in [1.29, 1.82) is 0 Å². The molecule has 3 nitrogen and oxygen atoms in total. The van der Waals surface area contributed by atoms with E-state index in [2.05, 4.69) is 31.9 Å². The molecular formula is C32H45ClN2O. The number of hydrogen-bond donors (Lipinski definition) is 0. The molecule has 4 heteroatoms. The number of allylic oxidation sites excluding steroid dienone is 1. The standard InChI is InChI=1S/C32H45ClN2O/c1-22-12-16-31-20-28(31)34(3)21-32(22,31)17-13-24-6-5-7-25-19-27(14-15-30(24,25)2)35(4)29(36)18-23-8-10-26(33)11-9-23/h7-11,22,24,27-28H,5-6,12-21H2,1-4H3/t22-,24?,27+,28+,30-,31+,32-/m1/s1. The Morgan fingerprint density at radius 1 is 1.17 bits per heavy atom. The van der Waals surface area contributed by atoms with Gasteiger partial charge in [0.1, 0.15) is 0 Å². The summed E-state index contributed by atoms with van der Waals surface area (Å²) in [5.74, 6) is 1.91. The van der Waals surface area contributed by atoms with Gasteiger partial charge in [-0.1, -0.05) is 49.2 Å². The molecule has 0 bridgehead atoms. The third-order valence-corrected chi connectivity index (χ3v) is 12.5. The normalized spacial score (nSPS) is 41.3. The minimum Gasteiger partial charge on any atom is -0.342 e. The summed E-state index contributed by atoms with van der Waals surface area (Å²) in [4.78, 5) is 17.9. The maximum atomic E-state index is 13.1. The maximum absolute atomic E-state index is 13.1. The molecule has 1 heterocycles. The molecule has 1 aromatic carbocycles. The van der Waals surface area contributed by atoms with Crippen LogP contribution in [0.2, 0.25) is 5.02 Å². The molecule has 3 saturated carbocycles. The van der Waals surface area contributed by atoms with Crippen LogP contribution in [0, 0.1) is 28.1 Å². The van der Waals surface area contributed by atoms with Crippen molar-refractivity contribution in [3.8, 4) is 0 Å². The SMILES string of the molecule is C[C@@H]1CC[C@]23C[C@@H]2N(C)C[C@]13CCC1CCC=C2C[C@@H](N(C)C(=O)Cc3ccc(Cl)cc3)CC[C@@]21C. The van der Waals surface area contributed by atoms with Gasteiger partial charge in [-0.15, -0.1) is 0 Å². The van der Waals surface area contributed by atoms with E-state index in [0.29, 0.717) is 28.7 Å². The van der Waals surface area contributed by atoms with Gasteiger partial charge in [-0.3, -0.25) is 4.79 Å². The Morgan fingerprint density at radius 3 is 2.69 bits per heavy atom. The van der Waals surface area contributed by atoms with Crippen molar-refractivity contribution in [1.82, 2.24) is 9.80 Å². The number of amides is 1. The zero-order chi connectivity index (χ0) is 25.3. The van der Waals surface area contributed by atoms with E-state index < -0.39 is 0 Å². The highest BCUT2D eigenvalue weighted by Crippen LogP contribution is 2.76. The van der Waals surface area contributed by atoms with Crippen molar-refractivity contribution in [3.05, 3.63) is 46.5 Å². The molecule has 1 saturated heterocycles. The lowest BCUT2D eigenvalue weighted by molar-refractivity contribution is -0.132. The first-order valence-electron chi connectivity index (χ1n) is 14.6. The molecule has 196 valence electrons. The fraction of sp³-hybridized carbons (Fsp3) is 0.719. The number of fused-ring (bicyclic) bond motifs is 1. The van der Waals surface area contributed by atoms with E-state index in [0.717, 1.165) is 41.3 Å². The number of rotatable bonds is 6. The van der Waals surface area contributed by atoms with E-state index in [1.807, 2.05) is 36.2 Å². The number of piperidine rings is 1. The van der Waals surface area contributed by atoms with Crippen LogP contribution in [0.3, 0.4) is 0 Å². The van der Waals surface area contributed by atoms with Crippen LogP contribution in [0.4, 0.5) is 0 Å². The smallest absolute Gasteiger partial charge is 0.226 e. The summed E-state index contributed by atoms with van der Waals surface area (Å²) in [7, 11) is 4.41. The Hall–Kier alpha value is -1.32. The Labute approximate surface area is 223 Å². The third kappa shape index (κ3) is 3.74. The molecule has 5 aliphatic rings. The molecule has 0 radical (unpaired) electrons. The van der Waals surface area contributed by atoms with Crippen LogP contribution in [0.5, 0.6) is 0 Å². The molecule has 6 rings (SSSR count). The highest BCUT2D eigenvalue weighted by atomic mass is 35.5. The highest BCUT2D eigenvalue weighted by Gasteiger charge is 2.75. The van der Waals surface area contributed by atoms with E-state index in [4.69, 9.17) is 11.6 Å². The minimum absolute atomic E-state index is 0.225. The van der Waals surface area contributed by atoms with Crippen molar-refractivity contribution in [2.75, 3.05) is 20.6 Å². The highest BCUT2D eigenvalue weighted by molar-refractivity contribution is 6.30. The summed E-state index contributed by atoms with van der Waals surface area (Å²) in [6.45, 7) is 6.48. The number of carbonyl (C=O) groups excluding carboxylic acids is 1. The van der Waals surface area contributed by atoms with Crippen LogP contribution in [-0.4, -0.2) is 48.4 Å². The van der Waals surface area contributed by atoms with Gasteiger partial charge in [-0.25, -0.2) is 0 Å². The molecule has 1 spiro atoms. The first-order chi connectivity index (χ1) is 17.2. The Bertz CT molecular complexity index is 1050. The number of benzene rings is 1. The van der Waals surface area contributed by atoms with Gasteiger partial charge in [0.15, 0.2) is 0 Å².